The molecule has 1 aromatic carbocycles. The Morgan fingerprint density at radius 2 is 2.18 bits per heavy atom. The van der Waals surface area contributed by atoms with E-state index in [2.05, 4.69) is 21.0 Å². The molecule has 2 rings (SSSR count). The molecule has 0 spiro atoms. The molecule has 0 aliphatic carbocycles. The molecule has 2 N–H and O–H groups in total. The zero-order valence-corrected chi connectivity index (χ0v) is 10.5. The highest BCUT2D eigenvalue weighted by atomic mass is 79.9. The second kappa shape index (κ2) is 4.17. The third-order valence-corrected chi connectivity index (χ3v) is 2.95. The van der Waals surface area contributed by atoms with Crippen molar-refractivity contribution in [1.29, 1.82) is 0 Å². The Morgan fingerprint density at radius 1 is 1.47 bits per heavy atom. The standard InChI is InChI=1S/C10H9BrN4O2/c1-6-4-10(12)13-14(6)7-2-3-8(11)9(5-7)15(16)17/h2-5H,1H3,(H2,12,13). The summed E-state index contributed by atoms with van der Waals surface area (Å²) in [7, 11) is 0. The second-order valence-corrected chi connectivity index (χ2v) is 4.37. The Kier molecular flexibility index (Phi) is 2.84. The molecule has 0 aliphatic rings. The van der Waals surface area contributed by atoms with Gasteiger partial charge >= 0.3 is 0 Å². The lowest BCUT2D eigenvalue weighted by Crippen LogP contribution is -2.01. The number of nitrogens with zero attached hydrogens (tertiary/aromatic N) is 3. The monoisotopic (exact) mass is 296 g/mol. The first-order chi connectivity index (χ1) is 7.99. The summed E-state index contributed by atoms with van der Waals surface area (Å²) in [4.78, 5) is 10.4. The van der Waals surface area contributed by atoms with Gasteiger partial charge in [-0.05, 0) is 35.0 Å². The number of halogens is 1. The van der Waals surface area contributed by atoms with Crippen LogP contribution in [-0.4, -0.2) is 14.7 Å². The Morgan fingerprint density at radius 3 is 2.71 bits per heavy atom. The number of hydrogen-bond acceptors (Lipinski definition) is 4. The lowest BCUT2D eigenvalue weighted by atomic mass is 10.3. The third kappa shape index (κ3) is 2.14. The average Bonchev–Trinajstić information content (AvgIpc) is 2.58. The van der Waals surface area contributed by atoms with Gasteiger partial charge in [0, 0.05) is 17.8 Å². The number of benzene rings is 1. The van der Waals surface area contributed by atoms with Gasteiger partial charge in [-0.2, -0.15) is 5.10 Å². The molecule has 0 amide bonds. The number of hydrogen-bond donors (Lipinski definition) is 1. The number of aromatic nitrogens is 2. The summed E-state index contributed by atoms with van der Waals surface area (Å²) in [6.07, 6.45) is 0. The minimum absolute atomic E-state index is 0.00373. The summed E-state index contributed by atoms with van der Waals surface area (Å²) >= 11 is 3.13. The third-order valence-electron chi connectivity index (χ3n) is 2.28. The number of nitro groups is 1. The number of aryl methyl sites for hydroxylation is 1. The molecule has 0 radical (unpaired) electrons. The molecule has 0 unspecified atom stereocenters. The van der Waals surface area contributed by atoms with Crippen molar-refractivity contribution in [2.75, 3.05) is 5.73 Å². The number of anilines is 1. The molecule has 1 heterocycles. The summed E-state index contributed by atoms with van der Waals surface area (Å²) in [6.45, 7) is 1.83. The topological polar surface area (TPSA) is 87.0 Å². The Labute approximate surface area is 105 Å². The van der Waals surface area contributed by atoms with Gasteiger partial charge < -0.3 is 5.73 Å². The van der Waals surface area contributed by atoms with Crippen molar-refractivity contribution >= 4 is 27.4 Å². The van der Waals surface area contributed by atoms with Crippen LogP contribution in [0.2, 0.25) is 0 Å². The zero-order valence-electron chi connectivity index (χ0n) is 8.92. The Hall–Kier alpha value is -1.89. The Bertz CT molecular complexity index is 594. The minimum Gasteiger partial charge on any atom is -0.382 e. The highest BCUT2D eigenvalue weighted by Crippen LogP contribution is 2.27. The number of rotatable bonds is 2. The van der Waals surface area contributed by atoms with Crippen molar-refractivity contribution in [2.45, 2.75) is 6.92 Å². The average molecular weight is 297 g/mol. The van der Waals surface area contributed by atoms with Crippen molar-refractivity contribution in [3.63, 3.8) is 0 Å². The number of nitrogens with two attached hydrogens (primary N) is 1. The van der Waals surface area contributed by atoms with Gasteiger partial charge in [-0.15, -0.1) is 0 Å². The van der Waals surface area contributed by atoms with Crippen molar-refractivity contribution in [1.82, 2.24) is 9.78 Å². The Balaban J connectivity index is 2.57. The molecule has 2 aromatic rings. The SMILES string of the molecule is Cc1cc(N)nn1-c1ccc(Br)c([N+](=O)[O-])c1. The highest BCUT2D eigenvalue weighted by Gasteiger charge is 2.14. The van der Waals surface area contributed by atoms with Crippen LogP contribution in [0.15, 0.2) is 28.7 Å². The van der Waals surface area contributed by atoms with E-state index in [0.717, 1.165) is 5.69 Å². The molecule has 0 atom stereocenters. The fourth-order valence-corrected chi connectivity index (χ4v) is 1.92. The quantitative estimate of drug-likeness (QED) is 0.681. The van der Waals surface area contributed by atoms with Gasteiger partial charge in [0.2, 0.25) is 0 Å². The van der Waals surface area contributed by atoms with Gasteiger partial charge in [-0.25, -0.2) is 4.68 Å². The molecule has 0 fully saturated rings. The van der Waals surface area contributed by atoms with Crippen molar-refractivity contribution in [2.24, 2.45) is 0 Å². The van der Waals surface area contributed by atoms with Crippen LogP contribution in [0.25, 0.3) is 5.69 Å². The van der Waals surface area contributed by atoms with Crippen molar-refractivity contribution < 1.29 is 4.92 Å². The van der Waals surface area contributed by atoms with E-state index in [1.54, 1.807) is 22.9 Å². The lowest BCUT2D eigenvalue weighted by molar-refractivity contribution is -0.385. The van der Waals surface area contributed by atoms with Gasteiger partial charge in [0.25, 0.3) is 5.69 Å². The summed E-state index contributed by atoms with van der Waals surface area (Å²) in [5, 5.41) is 14.9. The molecule has 6 nitrogen and oxygen atoms in total. The summed E-state index contributed by atoms with van der Waals surface area (Å²) < 4.78 is 2.00. The molecule has 1 aromatic heterocycles. The van der Waals surface area contributed by atoms with E-state index >= 15 is 0 Å². The fourth-order valence-electron chi connectivity index (χ4n) is 1.53. The largest absolute Gasteiger partial charge is 0.382 e. The number of nitrogen functional groups attached to an aromatic ring is 1. The van der Waals surface area contributed by atoms with E-state index in [0.29, 0.717) is 16.0 Å². The van der Waals surface area contributed by atoms with Crippen LogP contribution in [0, 0.1) is 17.0 Å². The van der Waals surface area contributed by atoms with Crippen LogP contribution in [0.3, 0.4) is 0 Å². The molecule has 0 saturated carbocycles. The summed E-state index contributed by atoms with van der Waals surface area (Å²) in [6, 6.07) is 6.50. The maximum absolute atomic E-state index is 10.8. The van der Waals surface area contributed by atoms with Crippen LogP contribution in [0.1, 0.15) is 5.69 Å². The fraction of sp³-hybridized carbons (Fsp3) is 0.100. The first-order valence-corrected chi connectivity index (χ1v) is 5.55. The van der Waals surface area contributed by atoms with Crippen molar-refractivity contribution in [3.8, 4) is 5.69 Å². The van der Waals surface area contributed by atoms with Crippen LogP contribution in [0.4, 0.5) is 11.5 Å². The zero-order chi connectivity index (χ0) is 12.6. The van der Waals surface area contributed by atoms with E-state index in [9.17, 15) is 10.1 Å². The van der Waals surface area contributed by atoms with Gasteiger partial charge in [-0.3, -0.25) is 10.1 Å². The molecule has 0 bridgehead atoms. The van der Waals surface area contributed by atoms with E-state index in [1.807, 2.05) is 6.92 Å². The maximum atomic E-state index is 10.8. The molecule has 0 aliphatic heterocycles. The lowest BCUT2D eigenvalue weighted by Gasteiger charge is -2.04. The molecule has 88 valence electrons. The molecular formula is C10H9BrN4O2. The van der Waals surface area contributed by atoms with Gasteiger partial charge in [-0.1, -0.05) is 0 Å². The highest BCUT2D eigenvalue weighted by molar-refractivity contribution is 9.10. The van der Waals surface area contributed by atoms with Crippen molar-refractivity contribution in [3.05, 3.63) is 44.5 Å². The molecule has 17 heavy (non-hydrogen) atoms. The van der Waals surface area contributed by atoms with E-state index < -0.39 is 4.92 Å². The normalized spacial score (nSPS) is 10.5. The van der Waals surface area contributed by atoms with Crippen LogP contribution in [-0.2, 0) is 0 Å². The summed E-state index contributed by atoms with van der Waals surface area (Å²) in [5.74, 6) is 0.382. The molecule has 7 heteroatoms. The van der Waals surface area contributed by atoms with Gasteiger partial charge in [0.05, 0.1) is 15.1 Å². The minimum atomic E-state index is -0.449. The van der Waals surface area contributed by atoms with E-state index in [-0.39, 0.29) is 5.69 Å². The van der Waals surface area contributed by atoms with Gasteiger partial charge in [0.1, 0.15) is 5.82 Å². The van der Waals surface area contributed by atoms with E-state index in [1.165, 1.54) is 6.07 Å². The maximum Gasteiger partial charge on any atom is 0.285 e. The summed E-state index contributed by atoms with van der Waals surface area (Å²) in [5.41, 5.74) is 6.99. The molecule has 0 saturated heterocycles. The first-order valence-electron chi connectivity index (χ1n) is 4.75. The van der Waals surface area contributed by atoms with Crippen LogP contribution in [0.5, 0.6) is 0 Å². The predicted molar refractivity (Wildman–Crippen MR) is 67.1 cm³/mol. The van der Waals surface area contributed by atoms with Crippen LogP contribution >= 0.6 is 15.9 Å². The van der Waals surface area contributed by atoms with Gasteiger partial charge in [0.15, 0.2) is 0 Å². The number of nitro benzene ring substituents is 1. The first kappa shape index (κ1) is 11.6. The van der Waals surface area contributed by atoms with Crippen LogP contribution < -0.4 is 5.73 Å². The smallest absolute Gasteiger partial charge is 0.285 e. The second-order valence-electron chi connectivity index (χ2n) is 3.52. The molecular weight excluding hydrogens is 288 g/mol. The van der Waals surface area contributed by atoms with E-state index in [4.69, 9.17) is 5.73 Å². The predicted octanol–water partition coefficient (Wildman–Crippen LogP) is 2.43.